The lowest BCUT2D eigenvalue weighted by atomic mass is 10.2. The molecule has 0 unspecified atom stereocenters. The van der Waals surface area contributed by atoms with Crippen molar-refractivity contribution in [2.45, 2.75) is 40.5 Å². The Morgan fingerprint density at radius 2 is 1.75 bits per heavy atom. The van der Waals surface area contributed by atoms with Gasteiger partial charge in [0.05, 0.1) is 0 Å². The van der Waals surface area contributed by atoms with E-state index >= 15 is 0 Å². The van der Waals surface area contributed by atoms with Crippen molar-refractivity contribution in [1.82, 2.24) is 0 Å². The first-order valence-corrected chi connectivity index (χ1v) is 4.63. The van der Waals surface area contributed by atoms with Gasteiger partial charge in [-0.1, -0.05) is 42.4 Å². The van der Waals surface area contributed by atoms with E-state index in [1.165, 1.54) is 11.1 Å². The van der Waals surface area contributed by atoms with E-state index in [4.69, 9.17) is 0 Å². The molecular formula is C12H20. The second-order valence-corrected chi connectivity index (χ2v) is 3.28. The van der Waals surface area contributed by atoms with Crippen molar-refractivity contribution < 1.29 is 0 Å². The van der Waals surface area contributed by atoms with E-state index in [-0.39, 0.29) is 0 Å². The molecule has 0 spiro atoms. The maximum Gasteiger partial charge on any atom is -0.0161 e. The van der Waals surface area contributed by atoms with E-state index < -0.39 is 0 Å². The molecule has 0 aliphatic carbocycles. The third-order valence-corrected chi connectivity index (χ3v) is 1.58. The van der Waals surface area contributed by atoms with Crippen LogP contribution in [0.5, 0.6) is 0 Å². The molecular weight excluding hydrogens is 144 g/mol. The Kier molecular flexibility index (Phi) is 6.45. The Hall–Kier alpha value is -0.780. The molecule has 0 heteroatoms. The summed E-state index contributed by atoms with van der Waals surface area (Å²) >= 11 is 0. The van der Waals surface area contributed by atoms with E-state index in [2.05, 4.69) is 52.0 Å². The summed E-state index contributed by atoms with van der Waals surface area (Å²) in [5.74, 6) is 0. The zero-order valence-electron chi connectivity index (χ0n) is 8.72. The van der Waals surface area contributed by atoms with Gasteiger partial charge in [-0.05, 0) is 33.6 Å². The van der Waals surface area contributed by atoms with Gasteiger partial charge < -0.3 is 0 Å². The zero-order valence-corrected chi connectivity index (χ0v) is 8.72. The van der Waals surface area contributed by atoms with Crippen molar-refractivity contribution >= 4 is 0 Å². The molecule has 0 heterocycles. The lowest BCUT2D eigenvalue weighted by molar-refractivity contribution is 1.21. The maximum absolute atomic E-state index is 2.25. The lowest BCUT2D eigenvalue weighted by Gasteiger charge is -1.90. The van der Waals surface area contributed by atoms with Gasteiger partial charge in [0, 0.05) is 0 Å². The van der Waals surface area contributed by atoms with Crippen molar-refractivity contribution in [3.8, 4) is 0 Å². The molecule has 0 aromatic rings. The highest BCUT2D eigenvalue weighted by Gasteiger charge is 1.80. The Balaban J connectivity index is 3.85. The molecule has 0 saturated heterocycles. The van der Waals surface area contributed by atoms with Gasteiger partial charge in [0.25, 0.3) is 0 Å². The fraction of sp³-hybridized carbons (Fsp3) is 0.500. The molecule has 0 amide bonds. The lowest BCUT2D eigenvalue weighted by Crippen LogP contribution is -1.69. The topological polar surface area (TPSA) is 0 Å². The fourth-order valence-electron chi connectivity index (χ4n) is 0.852. The predicted molar refractivity (Wildman–Crippen MR) is 57.2 cm³/mol. The molecule has 0 atom stereocenters. The summed E-state index contributed by atoms with van der Waals surface area (Å²) in [6, 6.07) is 0. The average molecular weight is 164 g/mol. The predicted octanol–water partition coefficient (Wildman–Crippen LogP) is 4.26. The average Bonchev–Trinajstić information content (AvgIpc) is 2.00. The number of allylic oxidation sites excluding steroid dienone is 6. The van der Waals surface area contributed by atoms with E-state index in [0.717, 1.165) is 12.8 Å². The Bertz CT molecular complexity index is 188. The largest absolute Gasteiger partial charge is 0.0846 e. The van der Waals surface area contributed by atoms with Crippen LogP contribution in [0.15, 0.2) is 35.5 Å². The Labute approximate surface area is 76.7 Å². The van der Waals surface area contributed by atoms with E-state index in [9.17, 15) is 0 Å². The van der Waals surface area contributed by atoms with Gasteiger partial charge in [0.2, 0.25) is 0 Å². The van der Waals surface area contributed by atoms with Crippen LogP contribution in [0, 0.1) is 0 Å². The van der Waals surface area contributed by atoms with Gasteiger partial charge in [0.1, 0.15) is 0 Å². The summed E-state index contributed by atoms with van der Waals surface area (Å²) < 4.78 is 0. The third kappa shape index (κ3) is 7.33. The van der Waals surface area contributed by atoms with E-state index in [0.29, 0.717) is 0 Å². The van der Waals surface area contributed by atoms with Crippen LogP contribution >= 0.6 is 0 Å². The molecule has 0 bridgehead atoms. The summed E-state index contributed by atoms with van der Waals surface area (Å²) in [6.45, 7) is 8.56. The van der Waals surface area contributed by atoms with Crippen LogP contribution in [0.25, 0.3) is 0 Å². The molecule has 0 aromatic heterocycles. The van der Waals surface area contributed by atoms with Crippen molar-refractivity contribution in [3.05, 3.63) is 35.5 Å². The minimum Gasteiger partial charge on any atom is -0.0846 e. The van der Waals surface area contributed by atoms with Crippen LogP contribution in [0.1, 0.15) is 40.5 Å². The molecule has 0 aromatic carbocycles. The molecule has 0 nitrogen and oxygen atoms in total. The maximum atomic E-state index is 2.25. The molecule has 0 radical (unpaired) electrons. The van der Waals surface area contributed by atoms with Crippen molar-refractivity contribution in [2.75, 3.05) is 0 Å². The molecule has 68 valence electrons. The van der Waals surface area contributed by atoms with Gasteiger partial charge in [-0.3, -0.25) is 0 Å². The first-order chi connectivity index (χ1) is 5.66. The molecule has 0 N–H and O–H groups in total. The van der Waals surface area contributed by atoms with Crippen molar-refractivity contribution in [3.63, 3.8) is 0 Å². The number of rotatable bonds is 4. The van der Waals surface area contributed by atoms with Gasteiger partial charge >= 0.3 is 0 Å². The Morgan fingerprint density at radius 3 is 2.25 bits per heavy atom. The monoisotopic (exact) mass is 164 g/mol. The van der Waals surface area contributed by atoms with Crippen LogP contribution in [0.3, 0.4) is 0 Å². The molecule has 0 aliphatic heterocycles. The van der Waals surface area contributed by atoms with E-state index in [1.807, 2.05) is 0 Å². The smallest absolute Gasteiger partial charge is 0.0161 e. The normalized spacial score (nSPS) is 12.2. The summed E-state index contributed by atoms with van der Waals surface area (Å²) in [6.07, 6.45) is 11.0. The molecule has 0 saturated carbocycles. The van der Waals surface area contributed by atoms with Crippen LogP contribution in [0.2, 0.25) is 0 Å². The highest BCUT2D eigenvalue weighted by atomic mass is 13.9. The third-order valence-electron chi connectivity index (χ3n) is 1.58. The van der Waals surface area contributed by atoms with Gasteiger partial charge in [-0.2, -0.15) is 0 Å². The van der Waals surface area contributed by atoms with Crippen molar-refractivity contribution in [1.29, 1.82) is 0 Å². The number of hydrogen-bond donors (Lipinski definition) is 0. The second-order valence-electron chi connectivity index (χ2n) is 3.28. The molecule has 0 aliphatic rings. The first-order valence-electron chi connectivity index (χ1n) is 4.63. The summed E-state index contributed by atoms with van der Waals surface area (Å²) in [5.41, 5.74) is 2.74. The van der Waals surface area contributed by atoms with Gasteiger partial charge in [0.15, 0.2) is 0 Å². The summed E-state index contributed by atoms with van der Waals surface area (Å²) in [5, 5.41) is 0. The zero-order chi connectivity index (χ0) is 9.40. The number of hydrogen-bond acceptors (Lipinski definition) is 0. The molecule has 12 heavy (non-hydrogen) atoms. The minimum atomic E-state index is 1.06. The summed E-state index contributed by atoms with van der Waals surface area (Å²) in [7, 11) is 0. The van der Waals surface area contributed by atoms with Crippen LogP contribution in [-0.2, 0) is 0 Å². The highest BCUT2D eigenvalue weighted by molar-refractivity contribution is 5.17. The fourth-order valence-corrected chi connectivity index (χ4v) is 0.852. The molecule has 0 rings (SSSR count). The van der Waals surface area contributed by atoms with Gasteiger partial charge in [-0.25, -0.2) is 0 Å². The van der Waals surface area contributed by atoms with Crippen LogP contribution in [-0.4, -0.2) is 0 Å². The standard InChI is InChI=1S/C12H20/c1-5-6-9-12(4)10-7-8-11(2)3/h6,8-10H,5,7H2,1-4H3. The SMILES string of the molecule is CCC=CC(C)=CCC=C(C)C. The highest BCUT2D eigenvalue weighted by Crippen LogP contribution is 2.01. The van der Waals surface area contributed by atoms with Gasteiger partial charge in [-0.15, -0.1) is 0 Å². The summed E-state index contributed by atoms with van der Waals surface area (Å²) in [4.78, 5) is 0. The van der Waals surface area contributed by atoms with Crippen LogP contribution in [0.4, 0.5) is 0 Å². The van der Waals surface area contributed by atoms with Crippen LogP contribution < -0.4 is 0 Å². The Morgan fingerprint density at radius 1 is 1.08 bits per heavy atom. The van der Waals surface area contributed by atoms with Crippen molar-refractivity contribution in [2.24, 2.45) is 0 Å². The van der Waals surface area contributed by atoms with E-state index in [1.54, 1.807) is 0 Å². The minimum absolute atomic E-state index is 1.06. The molecule has 0 fully saturated rings. The second kappa shape index (κ2) is 6.90. The quantitative estimate of drug-likeness (QED) is 0.430. The first kappa shape index (κ1) is 11.2.